The first-order valence-electron chi connectivity index (χ1n) is 4.52. The Hall–Kier alpha value is -2.68. The van der Waals surface area contributed by atoms with Crippen molar-refractivity contribution >= 4 is 5.97 Å². The van der Waals surface area contributed by atoms with E-state index in [2.05, 4.69) is 5.16 Å². The summed E-state index contributed by atoms with van der Waals surface area (Å²) in [6.07, 6.45) is 0. The first kappa shape index (κ1) is 10.8. The minimum atomic E-state index is -1.23. The van der Waals surface area contributed by atoms with Gasteiger partial charge in [0.15, 0.2) is 11.5 Å². The highest BCUT2D eigenvalue weighted by molar-refractivity contribution is 5.86. The molecule has 1 N–H and O–H groups in total. The van der Waals surface area contributed by atoms with E-state index >= 15 is 0 Å². The van der Waals surface area contributed by atoms with Crippen molar-refractivity contribution in [2.24, 2.45) is 0 Å². The average Bonchev–Trinajstić information content (AvgIpc) is 2.78. The van der Waals surface area contributed by atoms with E-state index in [1.165, 1.54) is 18.2 Å². The van der Waals surface area contributed by atoms with Gasteiger partial charge in [0.2, 0.25) is 0 Å². The van der Waals surface area contributed by atoms with Crippen LogP contribution in [0.1, 0.15) is 16.1 Å². The lowest BCUT2D eigenvalue weighted by Crippen LogP contribution is -1.94. The molecule has 17 heavy (non-hydrogen) atoms. The molecule has 0 spiro atoms. The highest BCUT2D eigenvalue weighted by Gasteiger charge is 2.13. The van der Waals surface area contributed by atoms with Crippen LogP contribution in [-0.2, 0) is 0 Å². The molecule has 0 aliphatic carbocycles. The molecular formula is C11H5FN2O3. The van der Waals surface area contributed by atoms with Crippen LogP contribution in [0.25, 0.3) is 11.3 Å². The second-order valence-electron chi connectivity index (χ2n) is 3.19. The Labute approximate surface area is 94.7 Å². The summed E-state index contributed by atoms with van der Waals surface area (Å²) in [5.41, 5.74) is -0.0296. The van der Waals surface area contributed by atoms with Crippen molar-refractivity contribution in [2.75, 3.05) is 0 Å². The molecule has 6 heteroatoms. The number of nitrogens with zero attached hydrogens (tertiary/aromatic N) is 2. The Balaban J connectivity index is 2.43. The number of carboxylic acids is 1. The van der Waals surface area contributed by atoms with Crippen LogP contribution in [-0.4, -0.2) is 16.2 Å². The van der Waals surface area contributed by atoms with Crippen LogP contribution >= 0.6 is 0 Å². The lowest BCUT2D eigenvalue weighted by Gasteiger charge is -1.96. The standard InChI is InChI=1S/C11H5FN2O3/c12-8-3-6(1-2-7(8)5-13)10-4-9(11(15)16)14-17-10/h1-4H,(H,15,16). The third-order valence-corrected chi connectivity index (χ3v) is 2.10. The summed E-state index contributed by atoms with van der Waals surface area (Å²) in [5.74, 6) is -1.79. The molecule has 0 aliphatic heterocycles. The van der Waals surface area contributed by atoms with Gasteiger partial charge < -0.3 is 9.63 Å². The molecule has 0 saturated carbocycles. The van der Waals surface area contributed by atoms with Crippen LogP contribution in [0.15, 0.2) is 28.8 Å². The molecular weight excluding hydrogens is 227 g/mol. The summed E-state index contributed by atoms with van der Waals surface area (Å²) in [6.45, 7) is 0. The normalized spacial score (nSPS) is 9.88. The predicted octanol–water partition coefficient (Wildman–Crippen LogP) is 2.05. The molecule has 1 aromatic carbocycles. The molecule has 0 saturated heterocycles. The van der Waals surface area contributed by atoms with Gasteiger partial charge in [-0.05, 0) is 18.2 Å². The van der Waals surface area contributed by atoms with Crippen LogP contribution in [0.2, 0.25) is 0 Å². The molecule has 0 aliphatic rings. The highest BCUT2D eigenvalue weighted by Crippen LogP contribution is 2.22. The van der Waals surface area contributed by atoms with Crippen LogP contribution in [0, 0.1) is 17.1 Å². The van der Waals surface area contributed by atoms with Gasteiger partial charge in [-0.25, -0.2) is 9.18 Å². The van der Waals surface area contributed by atoms with E-state index in [4.69, 9.17) is 14.9 Å². The molecule has 0 amide bonds. The SMILES string of the molecule is N#Cc1ccc(-c2cc(C(=O)O)no2)cc1F. The lowest BCUT2D eigenvalue weighted by molar-refractivity contribution is 0.0686. The van der Waals surface area contributed by atoms with Crippen molar-refractivity contribution in [3.8, 4) is 17.4 Å². The molecule has 1 aromatic heterocycles. The van der Waals surface area contributed by atoms with Gasteiger partial charge >= 0.3 is 5.97 Å². The van der Waals surface area contributed by atoms with Crippen LogP contribution < -0.4 is 0 Å². The maximum absolute atomic E-state index is 13.3. The minimum Gasteiger partial charge on any atom is -0.476 e. The second kappa shape index (κ2) is 4.06. The van der Waals surface area contributed by atoms with Gasteiger partial charge in [-0.2, -0.15) is 5.26 Å². The van der Waals surface area contributed by atoms with E-state index in [1.807, 2.05) is 0 Å². The minimum absolute atomic E-state index is 0.0910. The van der Waals surface area contributed by atoms with Crippen molar-refractivity contribution in [1.29, 1.82) is 5.26 Å². The first-order valence-corrected chi connectivity index (χ1v) is 4.52. The van der Waals surface area contributed by atoms with Crippen LogP contribution in [0.3, 0.4) is 0 Å². The zero-order valence-corrected chi connectivity index (χ0v) is 8.35. The molecule has 2 rings (SSSR count). The summed E-state index contributed by atoms with van der Waals surface area (Å²) in [7, 11) is 0. The molecule has 0 unspecified atom stereocenters. The Morgan fingerprint density at radius 1 is 1.47 bits per heavy atom. The zero-order valence-electron chi connectivity index (χ0n) is 8.35. The lowest BCUT2D eigenvalue weighted by atomic mass is 10.1. The Morgan fingerprint density at radius 2 is 2.24 bits per heavy atom. The summed E-state index contributed by atoms with van der Waals surface area (Å²) < 4.78 is 18.1. The number of hydrogen-bond donors (Lipinski definition) is 1. The fourth-order valence-electron chi connectivity index (χ4n) is 1.27. The maximum Gasteiger partial charge on any atom is 0.358 e. The number of nitriles is 1. The fraction of sp³-hybridized carbons (Fsp3) is 0. The van der Waals surface area contributed by atoms with Crippen molar-refractivity contribution in [2.45, 2.75) is 0 Å². The smallest absolute Gasteiger partial charge is 0.358 e. The topological polar surface area (TPSA) is 87.1 Å². The Bertz CT molecular complexity index is 628. The molecule has 5 nitrogen and oxygen atoms in total. The molecule has 0 atom stereocenters. The van der Waals surface area contributed by atoms with Gasteiger partial charge in [-0.15, -0.1) is 0 Å². The van der Waals surface area contributed by atoms with Gasteiger partial charge in [-0.3, -0.25) is 0 Å². The van der Waals surface area contributed by atoms with Crippen molar-refractivity contribution < 1.29 is 18.8 Å². The first-order chi connectivity index (χ1) is 8.11. The summed E-state index contributed by atoms with van der Waals surface area (Å²) in [5, 5.41) is 20.5. The Morgan fingerprint density at radius 3 is 2.76 bits per heavy atom. The maximum atomic E-state index is 13.3. The zero-order chi connectivity index (χ0) is 12.4. The van der Waals surface area contributed by atoms with Gasteiger partial charge in [0.25, 0.3) is 0 Å². The third-order valence-electron chi connectivity index (χ3n) is 2.10. The summed E-state index contributed by atoms with van der Waals surface area (Å²) in [4.78, 5) is 10.6. The third kappa shape index (κ3) is 1.99. The fourth-order valence-corrected chi connectivity index (χ4v) is 1.27. The largest absolute Gasteiger partial charge is 0.476 e. The monoisotopic (exact) mass is 232 g/mol. The molecule has 0 bridgehead atoms. The van der Waals surface area contributed by atoms with Gasteiger partial charge in [0.1, 0.15) is 11.9 Å². The Kier molecular flexibility index (Phi) is 2.58. The number of carbonyl (C=O) groups is 1. The van der Waals surface area contributed by atoms with Crippen molar-refractivity contribution in [1.82, 2.24) is 5.16 Å². The number of carboxylic acid groups (broad SMARTS) is 1. The second-order valence-corrected chi connectivity index (χ2v) is 3.19. The predicted molar refractivity (Wildman–Crippen MR) is 53.6 cm³/mol. The van der Waals surface area contributed by atoms with E-state index in [0.29, 0.717) is 5.56 Å². The van der Waals surface area contributed by atoms with Gasteiger partial charge in [0.05, 0.1) is 5.56 Å². The van der Waals surface area contributed by atoms with Gasteiger partial charge in [0, 0.05) is 11.6 Å². The molecule has 1 heterocycles. The molecule has 0 radical (unpaired) electrons. The molecule has 2 aromatic rings. The molecule has 84 valence electrons. The number of aromatic carboxylic acids is 1. The number of aromatic nitrogens is 1. The van der Waals surface area contributed by atoms with E-state index in [0.717, 1.165) is 6.07 Å². The molecule has 0 fully saturated rings. The van der Waals surface area contributed by atoms with E-state index in [-0.39, 0.29) is 17.0 Å². The van der Waals surface area contributed by atoms with Crippen LogP contribution in [0.5, 0.6) is 0 Å². The average molecular weight is 232 g/mol. The van der Waals surface area contributed by atoms with E-state index < -0.39 is 11.8 Å². The van der Waals surface area contributed by atoms with Crippen molar-refractivity contribution in [3.05, 3.63) is 41.3 Å². The van der Waals surface area contributed by atoms with E-state index in [9.17, 15) is 9.18 Å². The summed E-state index contributed by atoms with van der Waals surface area (Å²) in [6, 6.07) is 6.69. The van der Waals surface area contributed by atoms with Crippen molar-refractivity contribution in [3.63, 3.8) is 0 Å². The quantitative estimate of drug-likeness (QED) is 0.856. The number of hydrogen-bond acceptors (Lipinski definition) is 4. The van der Waals surface area contributed by atoms with E-state index in [1.54, 1.807) is 6.07 Å². The van der Waals surface area contributed by atoms with Gasteiger partial charge in [-0.1, -0.05) is 5.16 Å². The number of benzene rings is 1. The van der Waals surface area contributed by atoms with Crippen LogP contribution in [0.4, 0.5) is 4.39 Å². The highest BCUT2D eigenvalue weighted by atomic mass is 19.1. The summed E-state index contributed by atoms with van der Waals surface area (Å²) >= 11 is 0. The number of halogens is 1. The number of rotatable bonds is 2.